The first-order valence-corrected chi connectivity index (χ1v) is 9.88. The summed E-state index contributed by atoms with van der Waals surface area (Å²) in [4.78, 5) is 12.6. The van der Waals surface area contributed by atoms with Gasteiger partial charge in [-0.2, -0.15) is 5.10 Å². The second kappa shape index (κ2) is 8.33. The second-order valence-electron chi connectivity index (χ2n) is 5.55. The van der Waals surface area contributed by atoms with Gasteiger partial charge in [-0.1, -0.05) is 0 Å². The minimum Gasteiger partial charge on any atom is -0.490 e. The number of rotatable bonds is 8. The van der Waals surface area contributed by atoms with Gasteiger partial charge in [0.05, 0.1) is 18.4 Å². The van der Waals surface area contributed by atoms with Crippen molar-refractivity contribution in [2.45, 2.75) is 25.3 Å². The van der Waals surface area contributed by atoms with E-state index in [1.54, 1.807) is 13.0 Å². The number of aryl methyl sites for hydroxylation is 1. The van der Waals surface area contributed by atoms with E-state index in [4.69, 9.17) is 14.2 Å². The number of carbonyl (C=O) groups excluding carboxylic acids is 1. The average molecular weight is 382 g/mol. The largest absolute Gasteiger partial charge is 0.490 e. The van der Waals surface area contributed by atoms with Gasteiger partial charge in [0.15, 0.2) is 9.84 Å². The minimum atomic E-state index is -3.53. The number of sulfone groups is 1. The predicted octanol–water partition coefficient (Wildman–Crippen LogP) is 1.86. The van der Waals surface area contributed by atoms with Crippen LogP contribution >= 0.6 is 0 Å². The van der Waals surface area contributed by atoms with Crippen molar-refractivity contribution in [1.82, 2.24) is 9.78 Å². The van der Waals surface area contributed by atoms with Crippen molar-refractivity contribution in [3.8, 4) is 11.6 Å². The van der Waals surface area contributed by atoms with Gasteiger partial charge >= 0.3 is 5.97 Å². The number of carbonyl (C=O) groups is 1. The number of hydrogen-bond donors (Lipinski definition) is 0. The zero-order chi connectivity index (χ0) is 19.3. The summed E-state index contributed by atoms with van der Waals surface area (Å²) in [5.41, 5.74) is 0.602. The van der Waals surface area contributed by atoms with E-state index in [0.717, 1.165) is 6.26 Å². The predicted molar refractivity (Wildman–Crippen MR) is 94.5 cm³/mol. The van der Waals surface area contributed by atoms with Crippen LogP contribution in [0.1, 0.15) is 22.8 Å². The zero-order valence-corrected chi connectivity index (χ0v) is 16.0. The highest BCUT2D eigenvalue weighted by atomic mass is 32.2. The van der Waals surface area contributed by atoms with E-state index in [1.165, 1.54) is 30.1 Å². The fourth-order valence-corrected chi connectivity index (χ4v) is 3.25. The Morgan fingerprint density at radius 1 is 1.23 bits per heavy atom. The summed E-state index contributed by atoms with van der Waals surface area (Å²) in [5, 5.41) is 4.04. The highest BCUT2D eigenvalue weighted by Gasteiger charge is 2.23. The van der Waals surface area contributed by atoms with Crippen molar-refractivity contribution in [2.75, 3.05) is 26.6 Å². The molecule has 2 aromatic rings. The molecule has 0 saturated heterocycles. The number of esters is 1. The Morgan fingerprint density at radius 2 is 1.96 bits per heavy atom. The molecular weight excluding hydrogens is 360 g/mol. The molecule has 0 fully saturated rings. The molecule has 2 rings (SSSR count). The van der Waals surface area contributed by atoms with Crippen LogP contribution < -0.4 is 9.47 Å². The van der Waals surface area contributed by atoms with Crippen LogP contribution in [0.3, 0.4) is 0 Å². The lowest BCUT2D eigenvalue weighted by atomic mass is 10.1. The van der Waals surface area contributed by atoms with E-state index in [9.17, 15) is 13.2 Å². The highest BCUT2D eigenvalue weighted by molar-refractivity contribution is 7.90. The van der Waals surface area contributed by atoms with E-state index in [0.29, 0.717) is 18.0 Å². The molecule has 26 heavy (non-hydrogen) atoms. The molecule has 9 heteroatoms. The molecule has 1 heterocycles. The van der Waals surface area contributed by atoms with Gasteiger partial charge in [0.25, 0.3) is 0 Å². The maximum atomic E-state index is 12.6. The van der Waals surface area contributed by atoms with Gasteiger partial charge in [0.1, 0.15) is 17.3 Å². The van der Waals surface area contributed by atoms with E-state index >= 15 is 0 Å². The van der Waals surface area contributed by atoms with Crippen LogP contribution in [0.2, 0.25) is 0 Å². The lowest BCUT2D eigenvalue weighted by Crippen LogP contribution is -2.16. The van der Waals surface area contributed by atoms with Gasteiger partial charge in [-0.3, -0.25) is 0 Å². The standard InChI is InChI=1S/C17H22N2O6S/c1-5-19-15(8-9-18-19)25-17(20)13-6-7-14(26(4,21)22)16(12(13)2)24-11-10-23-3/h6-9H,5,10-11H2,1-4H3. The van der Waals surface area contributed by atoms with Gasteiger partial charge in [-0.25, -0.2) is 17.9 Å². The van der Waals surface area contributed by atoms with E-state index in [1.807, 2.05) is 6.92 Å². The van der Waals surface area contributed by atoms with Gasteiger partial charge < -0.3 is 14.2 Å². The minimum absolute atomic E-state index is 0.0150. The smallest absolute Gasteiger partial charge is 0.345 e. The quantitative estimate of drug-likeness (QED) is 0.508. The van der Waals surface area contributed by atoms with Crippen molar-refractivity contribution >= 4 is 15.8 Å². The first-order valence-electron chi connectivity index (χ1n) is 7.99. The summed E-state index contributed by atoms with van der Waals surface area (Å²) in [6, 6.07) is 4.35. The number of hydrogen-bond acceptors (Lipinski definition) is 7. The Labute approximate surface area is 152 Å². The number of methoxy groups -OCH3 is 1. The third kappa shape index (κ3) is 4.41. The van der Waals surface area contributed by atoms with Gasteiger partial charge in [0, 0.05) is 31.5 Å². The lowest BCUT2D eigenvalue weighted by molar-refractivity contribution is 0.0716. The van der Waals surface area contributed by atoms with Crippen LogP contribution in [0.15, 0.2) is 29.3 Å². The molecular formula is C17H22N2O6S. The number of aromatic nitrogens is 2. The van der Waals surface area contributed by atoms with Crippen molar-refractivity contribution < 1.29 is 27.4 Å². The molecule has 0 aliphatic carbocycles. The molecule has 1 aromatic heterocycles. The Morgan fingerprint density at radius 3 is 2.58 bits per heavy atom. The van der Waals surface area contributed by atoms with Crippen LogP contribution in [0.5, 0.6) is 11.6 Å². The van der Waals surface area contributed by atoms with Gasteiger partial charge in [0.2, 0.25) is 5.88 Å². The molecule has 0 unspecified atom stereocenters. The summed E-state index contributed by atoms with van der Waals surface area (Å²) in [7, 11) is -2.02. The fraction of sp³-hybridized carbons (Fsp3) is 0.412. The Balaban J connectivity index is 2.39. The number of nitrogens with zero attached hydrogens (tertiary/aromatic N) is 2. The molecule has 0 radical (unpaired) electrons. The lowest BCUT2D eigenvalue weighted by Gasteiger charge is -2.16. The third-order valence-corrected chi connectivity index (χ3v) is 4.82. The van der Waals surface area contributed by atoms with E-state index < -0.39 is 15.8 Å². The molecule has 0 aliphatic rings. The SMILES string of the molecule is CCn1nccc1OC(=O)c1ccc(S(C)(=O)=O)c(OCCOC)c1C. The van der Waals surface area contributed by atoms with Crippen LogP contribution in [-0.2, 0) is 21.1 Å². The van der Waals surface area contributed by atoms with Crippen LogP contribution in [-0.4, -0.2) is 50.7 Å². The first-order chi connectivity index (χ1) is 12.3. The summed E-state index contributed by atoms with van der Waals surface area (Å²) >= 11 is 0. The Bertz CT molecular complexity index is 889. The van der Waals surface area contributed by atoms with Crippen LogP contribution in [0.4, 0.5) is 0 Å². The molecule has 0 N–H and O–H groups in total. The molecule has 8 nitrogen and oxygen atoms in total. The van der Waals surface area contributed by atoms with Crippen LogP contribution in [0.25, 0.3) is 0 Å². The van der Waals surface area contributed by atoms with Crippen molar-refractivity contribution in [3.05, 3.63) is 35.5 Å². The molecule has 0 amide bonds. The Kier molecular flexibility index (Phi) is 6.38. The summed E-state index contributed by atoms with van der Waals surface area (Å²) in [6.45, 7) is 4.48. The van der Waals surface area contributed by atoms with Crippen molar-refractivity contribution in [2.24, 2.45) is 0 Å². The average Bonchev–Trinajstić information content (AvgIpc) is 3.02. The molecule has 0 bridgehead atoms. The second-order valence-corrected chi connectivity index (χ2v) is 7.54. The maximum Gasteiger partial charge on any atom is 0.345 e. The maximum absolute atomic E-state index is 12.6. The number of benzene rings is 1. The summed E-state index contributed by atoms with van der Waals surface area (Å²) in [6.07, 6.45) is 2.62. The molecule has 0 atom stereocenters. The molecule has 0 saturated carbocycles. The topological polar surface area (TPSA) is 96.7 Å². The molecule has 1 aromatic carbocycles. The fourth-order valence-electron chi connectivity index (χ4n) is 2.38. The first kappa shape index (κ1) is 19.9. The van der Waals surface area contributed by atoms with Crippen molar-refractivity contribution in [3.63, 3.8) is 0 Å². The molecule has 0 spiro atoms. The van der Waals surface area contributed by atoms with Crippen LogP contribution in [0, 0.1) is 6.92 Å². The third-order valence-electron chi connectivity index (χ3n) is 3.70. The Hall–Kier alpha value is -2.39. The normalized spacial score (nSPS) is 11.4. The van der Waals surface area contributed by atoms with Crippen molar-refractivity contribution in [1.29, 1.82) is 0 Å². The summed E-state index contributed by atoms with van der Waals surface area (Å²) in [5.74, 6) is -0.178. The number of ether oxygens (including phenoxy) is 3. The summed E-state index contributed by atoms with van der Waals surface area (Å²) < 4.78 is 41.5. The molecule has 0 aliphatic heterocycles. The highest BCUT2D eigenvalue weighted by Crippen LogP contribution is 2.31. The van der Waals surface area contributed by atoms with E-state index in [2.05, 4.69) is 5.10 Å². The van der Waals surface area contributed by atoms with E-state index in [-0.39, 0.29) is 29.4 Å². The van der Waals surface area contributed by atoms with Gasteiger partial charge in [-0.15, -0.1) is 0 Å². The monoisotopic (exact) mass is 382 g/mol. The zero-order valence-electron chi connectivity index (χ0n) is 15.2. The van der Waals surface area contributed by atoms with Gasteiger partial charge in [-0.05, 0) is 26.0 Å². The molecule has 142 valence electrons.